The summed E-state index contributed by atoms with van der Waals surface area (Å²) in [6.45, 7) is 0.403. The molecular formula is C10H16N4O3S. The van der Waals surface area contributed by atoms with Gasteiger partial charge in [0.05, 0.1) is 24.6 Å². The number of hydrogen-bond acceptors (Lipinski definition) is 5. The molecule has 100 valence electrons. The Kier molecular flexibility index (Phi) is 5.05. The number of amides is 1. The molecule has 0 radical (unpaired) electrons. The first kappa shape index (κ1) is 14.4. The van der Waals surface area contributed by atoms with Crippen molar-refractivity contribution in [2.45, 2.75) is 6.42 Å². The summed E-state index contributed by atoms with van der Waals surface area (Å²) in [5, 5.41) is 2.58. The lowest BCUT2D eigenvalue weighted by Crippen LogP contribution is -2.34. The van der Waals surface area contributed by atoms with Gasteiger partial charge in [0.25, 0.3) is 0 Å². The van der Waals surface area contributed by atoms with Crippen LogP contribution >= 0.6 is 0 Å². The van der Waals surface area contributed by atoms with Crippen molar-refractivity contribution in [3.05, 3.63) is 24.0 Å². The van der Waals surface area contributed by atoms with Gasteiger partial charge in [0.15, 0.2) is 0 Å². The van der Waals surface area contributed by atoms with Crippen LogP contribution in [0.4, 0.5) is 5.69 Å². The molecule has 0 fully saturated rings. The molecule has 1 aromatic heterocycles. The van der Waals surface area contributed by atoms with Crippen molar-refractivity contribution in [1.82, 2.24) is 15.0 Å². The van der Waals surface area contributed by atoms with E-state index < -0.39 is 10.0 Å². The molecule has 0 bridgehead atoms. The number of carbonyl (C=O) groups excluding carboxylic acids is 1. The number of rotatable bonds is 6. The third kappa shape index (κ3) is 6.16. The molecule has 0 aliphatic rings. The molecule has 1 amide bonds. The van der Waals surface area contributed by atoms with Crippen molar-refractivity contribution in [2.24, 2.45) is 0 Å². The van der Waals surface area contributed by atoms with E-state index in [1.807, 2.05) is 0 Å². The predicted octanol–water partition coefficient (Wildman–Crippen LogP) is -1.13. The number of aromatic nitrogens is 1. The van der Waals surface area contributed by atoms with Gasteiger partial charge in [-0.25, -0.2) is 13.1 Å². The molecule has 4 N–H and O–H groups in total. The summed E-state index contributed by atoms with van der Waals surface area (Å²) in [6, 6.07) is 3.34. The van der Waals surface area contributed by atoms with E-state index in [0.717, 1.165) is 6.26 Å². The number of nitrogen functional groups attached to an aromatic ring is 1. The van der Waals surface area contributed by atoms with E-state index in [-0.39, 0.29) is 25.4 Å². The summed E-state index contributed by atoms with van der Waals surface area (Å²) in [6.07, 6.45) is 2.68. The zero-order valence-corrected chi connectivity index (χ0v) is 10.8. The smallest absolute Gasteiger partial charge is 0.226 e. The van der Waals surface area contributed by atoms with Crippen molar-refractivity contribution >= 4 is 21.6 Å². The average Bonchev–Trinajstić information content (AvgIpc) is 2.26. The molecule has 0 aliphatic carbocycles. The Bertz CT molecular complexity index is 498. The molecule has 1 rings (SSSR count). The van der Waals surface area contributed by atoms with E-state index in [1.165, 1.54) is 6.20 Å². The maximum absolute atomic E-state index is 11.5. The largest absolute Gasteiger partial charge is 0.397 e. The molecule has 0 unspecified atom stereocenters. The van der Waals surface area contributed by atoms with Gasteiger partial charge >= 0.3 is 0 Å². The fourth-order valence-corrected chi connectivity index (χ4v) is 1.68. The van der Waals surface area contributed by atoms with Gasteiger partial charge in [-0.15, -0.1) is 0 Å². The zero-order chi connectivity index (χ0) is 13.6. The van der Waals surface area contributed by atoms with Crippen LogP contribution in [0.2, 0.25) is 0 Å². The number of pyridine rings is 1. The summed E-state index contributed by atoms with van der Waals surface area (Å²) < 4.78 is 23.8. The Labute approximate surface area is 106 Å². The van der Waals surface area contributed by atoms with Crippen LogP contribution in [0.5, 0.6) is 0 Å². The van der Waals surface area contributed by atoms with Crippen molar-refractivity contribution < 1.29 is 13.2 Å². The first-order chi connectivity index (χ1) is 8.37. The van der Waals surface area contributed by atoms with Gasteiger partial charge in [-0.2, -0.15) is 0 Å². The quantitative estimate of drug-likeness (QED) is 0.567. The van der Waals surface area contributed by atoms with E-state index >= 15 is 0 Å². The third-order valence-corrected chi connectivity index (χ3v) is 2.73. The van der Waals surface area contributed by atoms with Gasteiger partial charge < -0.3 is 11.1 Å². The van der Waals surface area contributed by atoms with Crippen LogP contribution in [0.1, 0.15) is 5.69 Å². The number of anilines is 1. The Morgan fingerprint density at radius 2 is 2.11 bits per heavy atom. The summed E-state index contributed by atoms with van der Waals surface area (Å²) in [7, 11) is -3.21. The van der Waals surface area contributed by atoms with Crippen LogP contribution < -0.4 is 15.8 Å². The SMILES string of the molecule is CS(=O)(=O)NCCNC(=O)Cc1ccc(N)cn1. The molecule has 7 nitrogen and oxygen atoms in total. The van der Waals surface area contributed by atoms with Gasteiger partial charge in [0.1, 0.15) is 0 Å². The molecule has 18 heavy (non-hydrogen) atoms. The molecule has 1 heterocycles. The van der Waals surface area contributed by atoms with Crippen LogP contribution in [0.25, 0.3) is 0 Å². The van der Waals surface area contributed by atoms with E-state index in [4.69, 9.17) is 5.73 Å². The highest BCUT2D eigenvalue weighted by Gasteiger charge is 2.04. The molecule has 8 heteroatoms. The monoisotopic (exact) mass is 272 g/mol. The number of nitrogens with one attached hydrogen (secondary N) is 2. The fraction of sp³-hybridized carbons (Fsp3) is 0.400. The molecule has 1 aromatic rings. The van der Waals surface area contributed by atoms with Crippen LogP contribution in [0.15, 0.2) is 18.3 Å². The lowest BCUT2D eigenvalue weighted by atomic mass is 10.2. The van der Waals surface area contributed by atoms with Gasteiger partial charge in [-0.3, -0.25) is 9.78 Å². The number of sulfonamides is 1. The molecule has 0 spiro atoms. The highest BCUT2D eigenvalue weighted by molar-refractivity contribution is 7.88. The first-order valence-corrected chi connectivity index (χ1v) is 7.18. The molecule has 0 saturated heterocycles. The minimum absolute atomic E-state index is 0.138. The highest BCUT2D eigenvalue weighted by atomic mass is 32.2. The number of hydrogen-bond donors (Lipinski definition) is 3. The van der Waals surface area contributed by atoms with Crippen molar-refractivity contribution in [2.75, 3.05) is 25.1 Å². The second-order valence-corrected chi connectivity index (χ2v) is 5.61. The summed E-state index contributed by atoms with van der Waals surface area (Å²) in [4.78, 5) is 15.5. The molecular weight excluding hydrogens is 256 g/mol. The Morgan fingerprint density at radius 3 is 2.67 bits per heavy atom. The third-order valence-electron chi connectivity index (χ3n) is 2.00. The first-order valence-electron chi connectivity index (χ1n) is 5.28. The van der Waals surface area contributed by atoms with Gasteiger partial charge in [-0.1, -0.05) is 0 Å². The van der Waals surface area contributed by atoms with Crippen molar-refractivity contribution in [1.29, 1.82) is 0 Å². The second kappa shape index (κ2) is 6.31. The highest BCUT2D eigenvalue weighted by Crippen LogP contribution is 2.01. The van der Waals surface area contributed by atoms with E-state index in [1.54, 1.807) is 12.1 Å². The summed E-state index contributed by atoms with van der Waals surface area (Å²) in [5.41, 5.74) is 6.62. The van der Waals surface area contributed by atoms with Crippen LogP contribution in [0, 0.1) is 0 Å². The second-order valence-electron chi connectivity index (χ2n) is 3.78. The molecule has 0 aromatic carbocycles. The van der Waals surface area contributed by atoms with E-state index in [2.05, 4.69) is 15.0 Å². The average molecular weight is 272 g/mol. The normalized spacial score (nSPS) is 11.2. The zero-order valence-electron chi connectivity index (χ0n) is 10.0. The van der Waals surface area contributed by atoms with Crippen LogP contribution in [-0.2, 0) is 21.2 Å². The van der Waals surface area contributed by atoms with Crippen LogP contribution in [0.3, 0.4) is 0 Å². The van der Waals surface area contributed by atoms with Crippen LogP contribution in [-0.4, -0.2) is 38.7 Å². The Morgan fingerprint density at radius 1 is 1.39 bits per heavy atom. The Hall–Kier alpha value is -1.67. The predicted molar refractivity (Wildman–Crippen MR) is 68.2 cm³/mol. The van der Waals surface area contributed by atoms with Gasteiger partial charge in [0, 0.05) is 18.8 Å². The lowest BCUT2D eigenvalue weighted by molar-refractivity contribution is -0.120. The molecule has 0 saturated carbocycles. The van der Waals surface area contributed by atoms with Crippen molar-refractivity contribution in [3.8, 4) is 0 Å². The summed E-state index contributed by atoms with van der Waals surface area (Å²) >= 11 is 0. The maximum Gasteiger partial charge on any atom is 0.226 e. The van der Waals surface area contributed by atoms with E-state index in [9.17, 15) is 13.2 Å². The fourth-order valence-electron chi connectivity index (χ4n) is 1.21. The minimum atomic E-state index is -3.21. The maximum atomic E-state index is 11.5. The topological polar surface area (TPSA) is 114 Å². The van der Waals surface area contributed by atoms with Crippen molar-refractivity contribution in [3.63, 3.8) is 0 Å². The molecule has 0 atom stereocenters. The Balaban J connectivity index is 2.28. The number of nitrogens with two attached hydrogens (primary N) is 1. The van der Waals surface area contributed by atoms with Gasteiger partial charge in [0.2, 0.25) is 15.9 Å². The number of carbonyl (C=O) groups is 1. The molecule has 0 aliphatic heterocycles. The number of nitrogens with zero attached hydrogens (tertiary/aromatic N) is 1. The minimum Gasteiger partial charge on any atom is -0.397 e. The van der Waals surface area contributed by atoms with E-state index in [0.29, 0.717) is 11.4 Å². The lowest BCUT2D eigenvalue weighted by Gasteiger charge is -2.05. The standard InChI is InChI=1S/C10H16N4O3S/c1-18(16,17)14-5-4-12-10(15)6-9-3-2-8(11)7-13-9/h2-3,7,14H,4-6,11H2,1H3,(H,12,15). The summed E-state index contributed by atoms with van der Waals surface area (Å²) in [5.74, 6) is -0.220. The van der Waals surface area contributed by atoms with Gasteiger partial charge in [-0.05, 0) is 12.1 Å².